The Kier molecular flexibility index (Phi) is 6.84. The Balaban J connectivity index is 1.91. The highest BCUT2D eigenvalue weighted by Gasteiger charge is 2.05. The normalized spacial score (nSPS) is 11.2. The molecule has 0 bridgehead atoms. The van der Waals surface area contributed by atoms with Gasteiger partial charge in [0, 0.05) is 11.8 Å². The van der Waals surface area contributed by atoms with Crippen LogP contribution >= 0.6 is 0 Å². The maximum Gasteiger partial charge on any atom is 0.331 e. The van der Waals surface area contributed by atoms with E-state index in [1.54, 1.807) is 55.7 Å². The fourth-order valence-electron chi connectivity index (χ4n) is 2.21. The minimum Gasteiger partial charge on any atom is -0.493 e. The van der Waals surface area contributed by atoms with E-state index < -0.39 is 16.0 Å². The molecule has 2 rings (SSSR count). The largest absolute Gasteiger partial charge is 0.493 e. The van der Waals surface area contributed by atoms with E-state index in [4.69, 9.17) is 14.2 Å². The maximum atomic E-state index is 11.9. The molecule has 0 atom stereocenters. The number of carbonyl (C=O) groups is 1. The number of carbonyl (C=O) groups excluding carboxylic acids is 1. The SMILES string of the molecule is COc1ccc(/C=C\C(=O)OCc2ccc(NS(C)(=O)=O)cc2)cc1OC. The summed E-state index contributed by atoms with van der Waals surface area (Å²) < 4.78 is 40.2. The molecule has 0 aliphatic heterocycles. The van der Waals surface area contributed by atoms with Crippen LogP contribution in [0.4, 0.5) is 5.69 Å². The third-order valence-corrected chi connectivity index (χ3v) is 4.06. The fraction of sp³-hybridized carbons (Fsp3) is 0.211. The minimum absolute atomic E-state index is 0.0776. The number of sulfonamides is 1. The first-order valence-corrected chi connectivity index (χ1v) is 9.83. The number of ether oxygens (including phenoxy) is 3. The van der Waals surface area contributed by atoms with E-state index >= 15 is 0 Å². The molecular formula is C19H21NO6S. The summed E-state index contributed by atoms with van der Waals surface area (Å²) in [4.78, 5) is 11.9. The van der Waals surface area contributed by atoms with Crippen molar-refractivity contribution in [2.45, 2.75) is 6.61 Å². The quantitative estimate of drug-likeness (QED) is 0.550. The molecule has 0 aliphatic rings. The van der Waals surface area contributed by atoms with E-state index in [1.807, 2.05) is 0 Å². The molecule has 0 radical (unpaired) electrons. The molecule has 0 fully saturated rings. The Labute approximate surface area is 158 Å². The zero-order chi connectivity index (χ0) is 19.9. The van der Waals surface area contributed by atoms with Crippen molar-refractivity contribution in [1.29, 1.82) is 0 Å². The highest BCUT2D eigenvalue weighted by Crippen LogP contribution is 2.27. The van der Waals surface area contributed by atoms with E-state index in [0.717, 1.165) is 17.4 Å². The standard InChI is InChI=1S/C19H21NO6S/c1-24-17-10-6-14(12-18(17)25-2)7-11-19(21)26-13-15-4-8-16(9-5-15)20-27(3,22)23/h4-12,20H,13H2,1-3H3/b11-7-. The Morgan fingerprint density at radius 1 is 1.04 bits per heavy atom. The Bertz CT molecular complexity index is 920. The lowest BCUT2D eigenvalue weighted by Crippen LogP contribution is -2.09. The highest BCUT2D eigenvalue weighted by molar-refractivity contribution is 7.92. The van der Waals surface area contributed by atoms with Crippen molar-refractivity contribution in [2.75, 3.05) is 25.2 Å². The van der Waals surface area contributed by atoms with Crippen molar-refractivity contribution in [2.24, 2.45) is 0 Å². The van der Waals surface area contributed by atoms with Crippen LogP contribution in [0.5, 0.6) is 11.5 Å². The molecular weight excluding hydrogens is 370 g/mol. The van der Waals surface area contributed by atoms with Crippen LogP contribution in [-0.2, 0) is 26.2 Å². The summed E-state index contributed by atoms with van der Waals surface area (Å²) in [7, 11) is -0.232. The van der Waals surface area contributed by atoms with Gasteiger partial charge in [0.15, 0.2) is 11.5 Å². The summed E-state index contributed by atoms with van der Waals surface area (Å²) in [6.07, 6.45) is 4.01. The van der Waals surface area contributed by atoms with Crippen LogP contribution in [0.2, 0.25) is 0 Å². The van der Waals surface area contributed by atoms with Crippen LogP contribution in [0, 0.1) is 0 Å². The summed E-state index contributed by atoms with van der Waals surface area (Å²) in [5.41, 5.74) is 1.95. The van der Waals surface area contributed by atoms with Crippen molar-refractivity contribution in [3.8, 4) is 11.5 Å². The lowest BCUT2D eigenvalue weighted by Gasteiger charge is -2.07. The molecule has 0 spiro atoms. The van der Waals surface area contributed by atoms with Crippen LogP contribution in [0.15, 0.2) is 48.5 Å². The van der Waals surface area contributed by atoms with Gasteiger partial charge in [-0.1, -0.05) is 18.2 Å². The topological polar surface area (TPSA) is 90.9 Å². The van der Waals surface area contributed by atoms with Crippen LogP contribution in [0.25, 0.3) is 6.08 Å². The predicted octanol–water partition coefficient (Wildman–Crippen LogP) is 2.83. The van der Waals surface area contributed by atoms with Gasteiger partial charge in [0.2, 0.25) is 10.0 Å². The van der Waals surface area contributed by atoms with Crippen LogP contribution in [-0.4, -0.2) is 34.9 Å². The Morgan fingerprint density at radius 2 is 1.70 bits per heavy atom. The van der Waals surface area contributed by atoms with Gasteiger partial charge < -0.3 is 14.2 Å². The number of benzene rings is 2. The van der Waals surface area contributed by atoms with E-state index in [9.17, 15) is 13.2 Å². The summed E-state index contributed by atoms with van der Waals surface area (Å²) >= 11 is 0. The average molecular weight is 391 g/mol. The van der Waals surface area contributed by atoms with Crippen LogP contribution in [0.1, 0.15) is 11.1 Å². The van der Waals surface area contributed by atoms with Crippen molar-refractivity contribution in [1.82, 2.24) is 0 Å². The van der Waals surface area contributed by atoms with E-state index in [1.165, 1.54) is 13.2 Å². The maximum absolute atomic E-state index is 11.9. The van der Waals surface area contributed by atoms with E-state index in [2.05, 4.69) is 4.72 Å². The molecule has 0 heterocycles. The van der Waals surface area contributed by atoms with Gasteiger partial charge in [-0.15, -0.1) is 0 Å². The number of nitrogens with one attached hydrogen (secondary N) is 1. The minimum atomic E-state index is -3.32. The van der Waals surface area contributed by atoms with Gasteiger partial charge in [0.05, 0.1) is 20.5 Å². The first-order valence-electron chi connectivity index (χ1n) is 7.94. The molecule has 0 aromatic heterocycles. The van der Waals surface area contributed by atoms with Crippen LogP contribution in [0.3, 0.4) is 0 Å². The number of hydrogen-bond acceptors (Lipinski definition) is 6. The molecule has 1 N–H and O–H groups in total. The first kappa shape index (κ1) is 20.3. The first-order chi connectivity index (χ1) is 12.8. The summed E-state index contributed by atoms with van der Waals surface area (Å²) in [6, 6.07) is 11.8. The number of rotatable bonds is 8. The second-order valence-electron chi connectivity index (χ2n) is 5.63. The van der Waals surface area contributed by atoms with Crippen LogP contribution < -0.4 is 14.2 Å². The summed E-state index contributed by atoms with van der Waals surface area (Å²) in [5.74, 6) is 0.671. The number of methoxy groups -OCH3 is 2. The zero-order valence-corrected chi connectivity index (χ0v) is 16.1. The molecule has 0 saturated carbocycles. The predicted molar refractivity (Wildman–Crippen MR) is 103 cm³/mol. The Hall–Kier alpha value is -3.00. The van der Waals surface area contributed by atoms with Crippen molar-refractivity contribution in [3.05, 3.63) is 59.7 Å². The molecule has 0 amide bonds. The van der Waals surface area contributed by atoms with Gasteiger partial charge >= 0.3 is 5.97 Å². The average Bonchev–Trinajstić information content (AvgIpc) is 2.64. The van der Waals surface area contributed by atoms with Crippen molar-refractivity contribution in [3.63, 3.8) is 0 Å². The van der Waals surface area contributed by atoms with Crippen molar-refractivity contribution >= 4 is 27.8 Å². The van der Waals surface area contributed by atoms with Gasteiger partial charge in [-0.05, 0) is 41.5 Å². The second kappa shape index (κ2) is 9.09. The lowest BCUT2D eigenvalue weighted by molar-refractivity contribution is -0.138. The number of anilines is 1. The smallest absolute Gasteiger partial charge is 0.331 e. The zero-order valence-electron chi connectivity index (χ0n) is 15.3. The molecule has 144 valence electrons. The highest BCUT2D eigenvalue weighted by atomic mass is 32.2. The van der Waals surface area contributed by atoms with E-state index in [0.29, 0.717) is 17.2 Å². The molecule has 0 saturated heterocycles. The number of esters is 1. The Morgan fingerprint density at radius 3 is 2.30 bits per heavy atom. The molecule has 2 aromatic rings. The third-order valence-electron chi connectivity index (χ3n) is 3.46. The molecule has 7 nitrogen and oxygen atoms in total. The van der Waals surface area contributed by atoms with Crippen molar-refractivity contribution < 1.29 is 27.4 Å². The molecule has 0 unspecified atom stereocenters. The van der Waals surface area contributed by atoms with Gasteiger partial charge in [0.1, 0.15) is 6.61 Å². The molecule has 27 heavy (non-hydrogen) atoms. The summed E-state index contributed by atoms with van der Waals surface area (Å²) in [5, 5.41) is 0. The van der Waals surface area contributed by atoms with E-state index in [-0.39, 0.29) is 6.61 Å². The fourth-order valence-corrected chi connectivity index (χ4v) is 2.77. The lowest BCUT2D eigenvalue weighted by atomic mass is 10.2. The third kappa shape index (κ3) is 6.67. The summed E-state index contributed by atoms with van der Waals surface area (Å²) in [6.45, 7) is 0.0776. The van der Waals surface area contributed by atoms with Gasteiger partial charge in [-0.2, -0.15) is 0 Å². The van der Waals surface area contributed by atoms with Gasteiger partial charge in [-0.25, -0.2) is 13.2 Å². The molecule has 0 aliphatic carbocycles. The monoisotopic (exact) mass is 391 g/mol. The molecule has 2 aromatic carbocycles. The second-order valence-corrected chi connectivity index (χ2v) is 7.38. The molecule has 8 heteroatoms. The number of hydrogen-bond donors (Lipinski definition) is 1. The van der Waals surface area contributed by atoms with Gasteiger partial charge in [-0.3, -0.25) is 4.72 Å². The van der Waals surface area contributed by atoms with Gasteiger partial charge in [0.25, 0.3) is 0 Å².